The van der Waals surface area contributed by atoms with Gasteiger partial charge in [0.2, 0.25) is 19.1 Å². The van der Waals surface area contributed by atoms with E-state index in [0.717, 1.165) is 25.1 Å². The average Bonchev–Trinajstić information content (AvgIpc) is 2.25. The van der Waals surface area contributed by atoms with Gasteiger partial charge < -0.3 is 0 Å². The van der Waals surface area contributed by atoms with Gasteiger partial charge >= 0.3 is 6.18 Å². The number of rotatable bonds is 5. The molecule has 0 bridgehead atoms. The SMILES string of the molecule is Cc1c(C(F)(F)F)cccc1S(=O)(=O)NCCS(=O)(=O)Cl. The van der Waals surface area contributed by atoms with Crippen molar-refractivity contribution >= 4 is 29.8 Å². The first-order chi connectivity index (χ1) is 9.34. The first kappa shape index (κ1) is 18.2. The molecular weight excluding hydrogens is 355 g/mol. The van der Waals surface area contributed by atoms with Gasteiger partial charge in [-0.05, 0) is 24.6 Å². The van der Waals surface area contributed by atoms with E-state index in [1.54, 1.807) is 0 Å². The second-order valence-corrected chi connectivity index (χ2v) is 8.70. The summed E-state index contributed by atoms with van der Waals surface area (Å²) in [5.41, 5.74) is -1.54. The van der Waals surface area contributed by atoms with Gasteiger partial charge in [0.1, 0.15) is 0 Å². The second kappa shape index (κ2) is 6.11. The smallest absolute Gasteiger partial charge is 0.212 e. The molecule has 1 N–H and O–H groups in total. The molecule has 0 amide bonds. The molecule has 0 radical (unpaired) electrons. The van der Waals surface area contributed by atoms with Crippen molar-refractivity contribution in [1.82, 2.24) is 4.72 Å². The Morgan fingerprint density at radius 3 is 2.24 bits per heavy atom. The van der Waals surface area contributed by atoms with E-state index in [-0.39, 0.29) is 0 Å². The Kier molecular flexibility index (Phi) is 5.30. The first-order valence-electron chi connectivity index (χ1n) is 5.43. The Balaban J connectivity index is 3.10. The average molecular weight is 366 g/mol. The molecule has 0 atom stereocenters. The minimum atomic E-state index is -4.69. The van der Waals surface area contributed by atoms with E-state index >= 15 is 0 Å². The lowest BCUT2D eigenvalue weighted by molar-refractivity contribution is -0.138. The van der Waals surface area contributed by atoms with Gasteiger partial charge in [0.05, 0.1) is 16.2 Å². The van der Waals surface area contributed by atoms with E-state index in [2.05, 4.69) is 0 Å². The molecular formula is C10H11ClF3NO4S2. The fourth-order valence-corrected chi connectivity index (χ4v) is 3.59. The Hall–Kier alpha value is -0.840. The molecule has 1 aromatic rings. The van der Waals surface area contributed by atoms with E-state index in [4.69, 9.17) is 10.7 Å². The number of hydrogen-bond donors (Lipinski definition) is 1. The Morgan fingerprint density at radius 2 is 1.76 bits per heavy atom. The molecule has 0 heterocycles. The number of hydrogen-bond acceptors (Lipinski definition) is 4. The predicted octanol–water partition coefficient (Wildman–Crippen LogP) is 1.86. The highest BCUT2D eigenvalue weighted by Crippen LogP contribution is 2.34. The van der Waals surface area contributed by atoms with Crippen LogP contribution in [0.15, 0.2) is 23.1 Å². The highest BCUT2D eigenvalue weighted by Gasteiger charge is 2.34. The number of benzene rings is 1. The second-order valence-electron chi connectivity index (χ2n) is 4.07. The standard InChI is InChI=1S/C10H11ClF3NO4S2/c1-7-8(10(12,13)14)3-2-4-9(7)21(18,19)15-5-6-20(11,16)17/h2-4,15H,5-6H2,1H3. The van der Waals surface area contributed by atoms with Gasteiger partial charge in [0.25, 0.3) is 0 Å². The molecule has 5 nitrogen and oxygen atoms in total. The summed E-state index contributed by atoms with van der Waals surface area (Å²) in [6.45, 7) is 0.486. The highest BCUT2D eigenvalue weighted by atomic mass is 35.7. The van der Waals surface area contributed by atoms with Crippen molar-refractivity contribution in [3.8, 4) is 0 Å². The summed E-state index contributed by atoms with van der Waals surface area (Å²) in [5.74, 6) is -0.675. The number of alkyl halides is 3. The molecule has 0 aliphatic heterocycles. The van der Waals surface area contributed by atoms with Crippen LogP contribution in [0.4, 0.5) is 13.2 Å². The lowest BCUT2D eigenvalue weighted by Gasteiger charge is -2.14. The summed E-state index contributed by atoms with van der Waals surface area (Å²) in [5, 5.41) is 0. The normalized spacial score (nSPS) is 13.4. The summed E-state index contributed by atoms with van der Waals surface area (Å²) >= 11 is 0. The van der Waals surface area contributed by atoms with Gasteiger partial charge in [0.15, 0.2) is 0 Å². The lowest BCUT2D eigenvalue weighted by Crippen LogP contribution is -2.29. The summed E-state index contributed by atoms with van der Waals surface area (Å²) in [4.78, 5) is -0.565. The van der Waals surface area contributed by atoms with Crippen LogP contribution in [-0.4, -0.2) is 29.1 Å². The molecule has 0 fully saturated rings. The van der Waals surface area contributed by atoms with Gasteiger partial charge in [0, 0.05) is 17.2 Å². The zero-order valence-corrected chi connectivity index (χ0v) is 13.0. The van der Waals surface area contributed by atoms with Crippen LogP contribution in [0, 0.1) is 6.92 Å². The van der Waals surface area contributed by atoms with Crippen LogP contribution in [-0.2, 0) is 25.3 Å². The van der Waals surface area contributed by atoms with Crippen LogP contribution in [0.3, 0.4) is 0 Å². The Morgan fingerprint density at radius 1 is 1.19 bits per heavy atom. The van der Waals surface area contributed by atoms with Crippen molar-refractivity contribution in [3.05, 3.63) is 29.3 Å². The zero-order valence-electron chi connectivity index (χ0n) is 10.6. The van der Waals surface area contributed by atoms with Crippen molar-refractivity contribution in [3.63, 3.8) is 0 Å². The minimum absolute atomic E-state index is 0.466. The molecule has 0 aromatic heterocycles. The molecule has 0 saturated carbocycles. The number of halogens is 4. The van der Waals surface area contributed by atoms with E-state index in [9.17, 15) is 30.0 Å². The largest absolute Gasteiger partial charge is 0.416 e. The molecule has 1 rings (SSSR count). The van der Waals surface area contributed by atoms with Gasteiger partial charge in [-0.3, -0.25) is 0 Å². The lowest BCUT2D eigenvalue weighted by atomic mass is 10.1. The van der Waals surface area contributed by atoms with Gasteiger partial charge in [-0.2, -0.15) is 13.2 Å². The number of sulfonamides is 1. The van der Waals surface area contributed by atoms with Crippen LogP contribution in [0.2, 0.25) is 0 Å². The van der Waals surface area contributed by atoms with E-state index in [1.165, 1.54) is 0 Å². The van der Waals surface area contributed by atoms with Crippen molar-refractivity contribution in [2.24, 2.45) is 0 Å². The third-order valence-electron chi connectivity index (χ3n) is 2.52. The van der Waals surface area contributed by atoms with Crippen molar-refractivity contribution in [2.75, 3.05) is 12.3 Å². The van der Waals surface area contributed by atoms with E-state index in [0.29, 0.717) is 0 Å². The third kappa shape index (κ3) is 5.13. The molecule has 21 heavy (non-hydrogen) atoms. The quantitative estimate of drug-likeness (QED) is 0.808. The number of nitrogens with one attached hydrogen (secondary N) is 1. The highest BCUT2D eigenvalue weighted by molar-refractivity contribution is 8.13. The molecule has 0 aliphatic carbocycles. The molecule has 11 heteroatoms. The summed E-state index contributed by atoms with van der Waals surface area (Å²) in [7, 11) is -3.26. The van der Waals surface area contributed by atoms with Gasteiger partial charge in [-0.15, -0.1) is 0 Å². The molecule has 0 aliphatic rings. The molecule has 0 saturated heterocycles. The molecule has 1 aromatic carbocycles. The fourth-order valence-electron chi connectivity index (χ4n) is 1.59. The minimum Gasteiger partial charge on any atom is -0.212 e. The Bertz CT molecular complexity index is 729. The summed E-state index contributed by atoms with van der Waals surface area (Å²) in [6, 6.07) is 2.72. The van der Waals surface area contributed by atoms with Crippen molar-refractivity contribution in [2.45, 2.75) is 18.0 Å². The maximum Gasteiger partial charge on any atom is 0.416 e. The maximum absolute atomic E-state index is 12.7. The van der Waals surface area contributed by atoms with Crippen molar-refractivity contribution in [1.29, 1.82) is 0 Å². The van der Waals surface area contributed by atoms with E-state index in [1.807, 2.05) is 4.72 Å². The van der Waals surface area contributed by atoms with Crippen LogP contribution >= 0.6 is 10.7 Å². The van der Waals surface area contributed by atoms with Crippen LogP contribution in [0.1, 0.15) is 11.1 Å². The summed E-state index contributed by atoms with van der Waals surface area (Å²) in [6.07, 6.45) is -4.69. The third-order valence-corrected chi connectivity index (χ3v) is 5.28. The first-order valence-corrected chi connectivity index (χ1v) is 9.39. The predicted molar refractivity (Wildman–Crippen MR) is 71.0 cm³/mol. The van der Waals surface area contributed by atoms with Crippen molar-refractivity contribution < 1.29 is 30.0 Å². The van der Waals surface area contributed by atoms with Crippen LogP contribution in [0.5, 0.6) is 0 Å². The monoisotopic (exact) mass is 365 g/mol. The maximum atomic E-state index is 12.7. The molecule has 0 spiro atoms. The zero-order chi connectivity index (χ0) is 16.5. The van der Waals surface area contributed by atoms with E-state index < -0.39 is 53.6 Å². The summed E-state index contributed by atoms with van der Waals surface area (Å²) < 4.78 is 85.2. The van der Waals surface area contributed by atoms with Gasteiger partial charge in [-0.25, -0.2) is 21.6 Å². The van der Waals surface area contributed by atoms with Crippen LogP contribution < -0.4 is 4.72 Å². The molecule has 0 unspecified atom stereocenters. The fraction of sp³-hybridized carbons (Fsp3) is 0.400. The molecule has 120 valence electrons. The topological polar surface area (TPSA) is 80.3 Å². The Labute approximate surface area is 124 Å². The van der Waals surface area contributed by atoms with Gasteiger partial charge in [-0.1, -0.05) is 6.07 Å². The van der Waals surface area contributed by atoms with Crippen LogP contribution in [0.25, 0.3) is 0 Å².